The predicted molar refractivity (Wildman–Crippen MR) is 61.1 cm³/mol. The highest BCUT2D eigenvalue weighted by Crippen LogP contribution is 2.31. The molecule has 15 heavy (non-hydrogen) atoms. The molecule has 2 heterocycles. The SMILES string of the molecule is Oc1ccc2[nH]nc(-c3cccs3)c2c1. The monoisotopic (exact) mass is 216 g/mol. The maximum Gasteiger partial charge on any atom is 0.116 e. The van der Waals surface area contributed by atoms with Crippen molar-refractivity contribution in [1.82, 2.24) is 10.2 Å². The van der Waals surface area contributed by atoms with Crippen LogP contribution < -0.4 is 0 Å². The van der Waals surface area contributed by atoms with Gasteiger partial charge in [-0.1, -0.05) is 6.07 Å². The number of aromatic amines is 1. The molecule has 0 unspecified atom stereocenters. The molecule has 0 fully saturated rings. The van der Waals surface area contributed by atoms with Gasteiger partial charge in [-0.3, -0.25) is 5.10 Å². The van der Waals surface area contributed by atoms with Gasteiger partial charge in [0.05, 0.1) is 10.4 Å². The molecule has 0 spiro atoms. The second kappa shape index (κ2) is 3.10. The summed E-state index contributed by atoms with van der Waals surface area (Å²) in [6.07, 6.45) is 0. The lowest BCUT2D eigenvalue weighted by atomic mass is 10.2. The van der Waals surface area contributed by atoms with Gasteiger partial charge in [0, 0.05) is 5.39 Å². The number of hydrogen-bond donors (Lipinski definition) is 2. The van der Waals surface area contributed by atoms with Crippen LogP contribution in [0.5, 0.6) is 5.75 Å². The van der Waals surface area contributed by atoms with Gasteiger partial charge in [-0.05, 0) is 29.6 Å². The minimum Gasteiger partial charge on any atom is -0.508 e. The highest BCUT2D eigenvalue weighted by molar-refractivity contribution is 7.13. The zero-order valence-corrected chi connectivity index (χ0v) is 8.58. The van der Waals surface area contributed by atoms with E-state index in [2.05, 4.69) is 10.2 Å². The first-order valence-electron chi connectivity index (χ1n) is 4.55. The van der Waals surface area contributed by atoms with Crippen LogP contribution in [-0.2, 0) is 0 Å². The van der Waals surface area contributed by atoms with E-state index in [9.17, 15) is 5.11 Å². The van der Waals surface area contributed by atoms with E-state index in [0.717, 1.165) is 21.5 Å². The molecule has 3 nitrogen and oxygen atoms in total. The molecule has 3 rings (SSSR count). The summed E-state index contributed by atoms with van der Waals surface area (Å²) in [6, 6.07) is 9.22. The summed E-state index contributed by atoms with van der Waals surface area (Å²) in [5, 5.41) is 19.6. The summed E-state index contributed by atoms with van der Waals surface area (Å²) >= 11 is 1.64. The van der Waals surface area contributed by atoms with E-state index in [0.29, 0.717) is 0 Å². The molecule has 2 N–H and O–H groups in total. The highest BCUT2D eigenvalue weighted by atomic mass is 32.1. The lowest BCUT2D eigenvalue weighted by Gasteiger charge is -1.93. The van der Waals surface area contributed by atoms with Gasteiger partial charge in [0.15, 0.2) is 0 Å². The van der Waals surface area contributed by atoms with Gasteiger partial charge in [-0.2, -0.15) is 5.10 Å². The zero-order chi connectivity index (χ0) is 10.3. The van der Waals surface area contributed by atoms with Crippen molar-refractivity contribution in [1.29, 1.82) is 0 Å². The van der Waals surface area contributed by atoms with Gasteiger partial charge in [-0.25, -0.2) is 0 Å². The van der Waals surface area contributed by atoms with E-state index in [4.69, 9.17) is 0 Å². The maximum atomic E-state index is 9.43. The van der Waals surface area contributed by atoms with Gasteiger partial charge < -0.3 is 5.11 Å². The first-order chi connectivity index (χ1) is 7.34. The largest absolute Gasteiger partial charge is 0.508 e. The number of aromatic hydroxyl groups is 1. The van der Waals surface area contributed by atoms with Gasteiger partial charge in [0.1, 0.15) is 11.4 Å². The quantitative estimate of drug-likeness (QED) is 0.657. The van der Waals surface area contributed by atoms with E-state index in [-0.39, 0.29) is 5.75 Å². The van der Waals surface area contributed by atoms with Crippen LogP contribution in [-0.4, -0.2) is 15.3 Å². The molecule has 0 aliphatic heterocycles. The van der Waals surface area contributed by atoms with Crippen molar-refractivity contribution < 1.29 is 5.11 Å². The summed E-state index contributed by atoms with van der Waals surface area (Å²) in [4.78, 5) is 1.10. The molecule has 2 aromatic heterocycles. The molecule has 0 radical (unpaired) electrons. The third-order valence-corrected chi connectivity index (χ3v) is 3.18. The molecule has 4 heteroatoms. The fourth-order valence-electron chi connectivity index (χ4n) is 1.60. The third-order valence-electron chi connectivity index (χ3n) is 2.30. The normalized spacial score (nSPS) is 10.9. The Morgan fingerprint density at radius 2 is 2.20 bits per heavy atom. The third kappa shape index (κ3) is 1.30. The van der Waals surface area contributed by atoms with Crippen molar-refractivity contribution in [2.45, 2.75) is 0 Å². The molecule has 1 aromatic carbocycles. The Morgan fingerprint density at radius 3 is 3.00 bits per heavy atom. The molecule has 3 aromatic rings. The fourth-order valence-corrected chi connectivity index (χ4v) is 2.33. The molecule has 0 bridgehead atoms. The average molecular weight is 216 g/mol. The minimum absolute atomic E-state index is 0.265. The summed E-state index contributed by atoms with van der Waals surface area (Å²) in [5.41, 5.74) is 1.84. The van der Waals surface area contributed by atoms with Crippen molar-refractivity contribution in [3.05, 3.63) is 35.7 Å². The average Bonchev–Trinajstić information content (AvgIpc) is 2.83. The highest BCUT2D eigenvalue weighted by Gasteiger charge is 2.08. The van der Waals surface area contributed by atoms with Gasteiger partial charge in [-0.15, -0.1) is 11.3 Å². The molecular formula is C11H8N2OS. The summed E-state index contributed by atoms with van der Waals surface area (Å²) < 4.78 is 0. The molecule has 0 saturated heterocycles. The molecule has 0 aliphatic carbocycles. The van der Waals surface area contributed by atoms with Crippen LogP contribution in [0.15, 0.2) is 35.7 Å². The van der Waals surface area contributed by atoms with Crippen LogP contribution in [0.1, 0.15) is 0 Å². The fraction of sp³-hybridized carbons (Fsp3) is 0. The molecular weight excluding hydrogens is 208 g/mol. The minimum atomic E-state index is 0.265. The number of benzene rings is 1. The van der Waals surface area contributed by atoms with E-state index < -0.39 is 0 Å². The first-order valence-corrected chi connectivity index (χ1v) is 5.43. The number of aromatic nitrogens is 2. The molecule has 0 atom stereocenters. The van der Waals surface area contributed by atoms with E-state index in [1.807, 2.05) is 23.6 Å². The lowest BCUT2D eigenvalue weighted by Crippen LogP contribution is -1.72. The number of hydrogen-bond acceptors (Lipinski definition) is 3. The van der Waals surface area contributed by atoms with Crippen molar-refractivity contribution in [2.75, 3.05) is 0 Å². The van der Waals surface area contributed by atoms with Crippen LogP contribution in [0.25, 0.3) is 21.5 Å². The number of nitrogens with zero attached hydrogens (tertiary/aromatic N) is 1. The number of thiophene rings is 1. The van der Waals surface area contributed by atoms with E-state index >= 15 is 0 Å². The number of phenols is 1. The number of H-pyrrole nitrogens is 1. The van der Waals surface area contributed by atoms with E-state index in [1.54, 1.807) is 23.5 Å². The number of rotatable bonds is 1. The second-order valence-electron chi connectivity index (χ2n) is 3.28. The Balaban J connectivity index is 2.32. The predicted octanol–water partition coefficient (Wildman–Crippen LogP) is 3.00. The van der Waals surface area contributed by atoms with Crippen LogP contribution in [0, 0.1) is 0 Å². The first kappa shape index (κ1) is 8.49. The Bertz CT molecular complexity index is 598. The lowest BCUT2D eigenvalue weighted by molar-refractivity contribution is 0.476. The van der Waals surface area contributed by atoms with Crippen LogP contribution in [0.4, 0.5) is 0 Å². The molecule has 0 amide bonds. The summed E-state index contributed by atoms with van der Waals surface area (Å²) in [6.45, 7) is 0. The van der Waals surface area contributed by atoms with Gasteiger partial charge in [0.2, 0.25) is 0 Å². The number of nitrogens with one attached hydrogen (secondary N) is 1. The molecule has 0 aliphatic rings. The number of phenolic OH excluding ortho intramolecular Hbond substituents is 1. The Kier molecular flexibility index (Phi) is 1.76. The standard InChI is InChI=1S/C11H8N2OS/c14-7-3-4-9-8(6-7)11(13-12-9)10-2-1-5-15-10/h1-6,14H,(H,12,13). The van der Waals surface area contributed by atoms with Crippen LogP contribution >= 0.6 is 11.3 Å². The van der Waals surface area contributed by atoms with Gasteiger partial charge in [0.25, 0.3) is 0 Å². The smallest absolute Gasteiger partial charge is 0.116 e. The van der Waals surface area contributed by atoms with Crippen molar-refractivity contribution >= 4 is 22.2 Å². The Hall–Kier alpha value is -1.81. The Morgan fingerprint density at radius 1 is 1.27 bits per heavy atom. The Labute approximate surface area is 90.0 Å². The summed E-state index contributed by atoms with van der Waals surface area (Å²) in [7, 11) is 0. The van der Waals surface area contributed by atoms with Crippen LogP contribution in [0.3, 0.4) is 0 Å². The zero-order valence-electron chi connectivity index (χ0n) is 7.77. The van der Waals surface area contributed by atoms with Crippen molar-refractivity contribution in [3.8, 4) is 16.3 Å². The van der Waals surface area contributed by atoms with Crippen LogP contribution in [0.2, 0.25) is 0 Å². The second-order valence-corrected chi connectivity index (χ2v) is 4.23. The summed E-state index contributed by atoms with van der Waals surface area (Å²) in [5.74, 6) is 0.265. The van der Waals surface area contributed by atoms with Crippen molar-refractivity contribution in [2.24, 2.45) is 0 Å². The van der Waals surface area contributed by atoms with Gasteiger partial charge >= 0.3 is 0 Å². The molecule has 0 saturated carbocycles. The molecule has 74 valence electrons. The number of fused-ring (bicyclic) bond motifs is 1. The van der Waals surface area contributed by atoms with Crippen molar-refractivity contribution in [3.63, 3.8) is 0 Å². The topological polar surface area (TPSA) is 48.9 Å². The maximum absolute atomic E-state index is 9.43. The van der Waals surface area contributed by atoms with E-state index in [1.165, 1.54) is 0 Å².